The molecule has 0 bridgehead atoms. The summed E-state index contributed by atoms with van der Waals surface area (Å²) < 4.78 is 0.660. The molecule has 4 N–H and O–H groups in total. The Morgan fingerprint density at radius 1 is 1.50 bits per heavy atom. The second-order valence-electron chi connectivity index (χ2n) is 4.29. The molecule has 1 heterocycles. The molecule has 6 nitrogen and oxygen atoms in total. The molecule has 0 aliphatic heterocycles. The van der Waals surface area contributed by atoms with Crippen LogP contribution >= 0.6 is 15.9 Å². The second-order valence-corrected chi connectivity index (χ2v) is 5.09. The number of nitrogens with two attached hydrogens (primary N) is 1. The van der Waals surface area contributed by atoms with Crippen LogP contribution in [0, 0.1) is 0 Å². The minimum atomic E-state index is 0.126. The zero-order chi connectivity index (χ0) is 13.0. The Morgan fingerprint density at radius 3 is 3.00 bits per heavy atom. The SMILES string of the molecule is Nc1ncnc(NCCCC(=O)NC2CC2)c1Br. The summed E-state index contributed by atoms with van der Waals surface area (Å²) in [7, 11) is 0. The highest BCUT2D eigenvalue weighted by atomic mass is 79.9. The molecule has 98 valence electrons. The Labute approximate surface area is 114 Å². The summed E-state index contributed by atoms with van der Waals surface area (Å²) in [6.07, 6.45) is 4.94. The predicted molar refractivity (Wildman–Crippen MR) is 73.0 cm³/mol. The lowest BCUT2D eigenvalue weighted by Gasteiger charge is -2.08. The van der Waals surface area contributed by atoms with E-state index in [1.54, 1.807) is 0 Å². The van der Waals surface area contributed by atoms with E-state index >= 15 is 0 Å². The molecule has 1 aliphatic rings. The van der Waals surface area contributed by atoms with Gasteiger partial charge in [0.15, 0.2) is 0 Å². The quantitative estimate of drug-likeness (QED) is 0.688. The molecule has 1 fully saturated rings. The largest absolute Gasteiger partial charge is 0.383 e. The number of carbonyl (C=O) groups excluding carboxylic acids is 1. The molecule has 1 aliphatic carbocycles. The number of hydrogen-bond acceptors (Lipinski definition) is 5. The molecule has 1 amide bonds. The molecule has 18 heavy (non-hydrogen) atoms. The van der Waals surface area contributed by atoms with E-state index in [-0.39, 0.29) is 5.91 Å². The van der Waals surface area contributed by atoms with Crippen LogP contribution in [0.5, 0.6) is 0 Å². The summed E-state index contributed by atoms with van der Waals surface area (Å²) in [6, 6.07) is 0.432. The van der Waals surface area contributed by atoms with E-state index in [0.717, 1.165) is 19.3 Å². The number of hydrogen-bond donors (Lipinski definition) is 3. The maximum Gasteiger partial charge on any atom is 0.220 e. The van der Waals surface area contributed by atoms with Crippen molar-refractivity contribution in [2.24, 2.45) is 0 Å². The Kier molecular flexibility index (Phi) is 4.35. The van der Waals surface area contributed by atoms with Crippen molar-refractivity contribution < 1.29 is 4.79 Å². The van der Waals surface area contributed by atoms with Gasteiger partial charge in [-0.15, -0.1) is 0 Å². The van der Waals surface area contributed by atoms with Crippen molar-refractivity contribution in [2.45, 2.75) is 31.7 Å². The number of nitrogens with zero attached hydrogens (tertiary/aromatic N) is 2. The molecule has 2 rings (SSSR count). The molecule has 1 aromatic heterocycles. The van der Waals surface area contributed by atoms with Gasteiger partial charge < -0.3 is 16.4 Å². The summed E-state index contributed by atoms with van der Waals surface area (Å²) in [5.74, 6) is 1.18. The average molecular weight is 314 g/mol. The Morgan fingerprint density at radius 2 is 2.28 bits per heavy atom. The highest BCUT2D eigenvalue weighted by Gasteiger charge is 2.22. The summed E-state index contributed by atoms with van der Waals surface area (Å²) in [4.78, 5) is 19.3. The van der Waals surface area contributed by atoms with Gasteiger partial charge in [0.2, 0.25) is 5.91 Å². The van der Waals surface area contributed by atoms with E-state index in [9.17, 15) is 4.79 Å². The number of rotatable bonds is 6. The van der Waals surface area contributed by atoms with Crippen molar-refractivity contribution in [1.82, 2.24) is 15.3 Å². The van der Waals surface area contributed by atoms with E-state index in [2.05, 4.69) is 36.5 Å². The third-order valence-corrected chi connectivity index (χ3v) is 3.41. The fraction of sp³-hybridized carbons (Fsp3) is 0.545. The first-order valence-electron chi connectivity index (χ1n) is 5.96. The lowest BCUT2D eigenvalue weighted by molar-refractivity contribution is -0.121. The van der Waals surface area contributed by atoms with E-state index in [1.165, 1.54) is 6.33 Å². The fourth-order valence-electron chi connectivity index (χ4n) is 1.49. The van der Waals surface area contributed by atoms with Crippen molar-refractivity contribution in [3.05, 3.63) is 10.8 Å². The highest BCUT2D eigenvalue weighted by Crippen LogP contribution is 2.23. The lowest BCUT2D eigenvalue weighted by atomic mass is 10.3. The first-order chi connectivity index (χ1) is 8.66. The first-order valence-corrected chi connectivity index (χ1v) is 6.75. The molecule has 7 heteroatoms. The molecular weight excluding hydrogens is 298 g/mol. The van der Waals surface area contributed by atoms with Crippen LogP contribution in [0.1, 0.15) is 25.7 Å². The number of amides is 1. The molecule has 1 aromatic rings. The normalized spacial score (nSPS) is 14.3. The van der Waals surface area contributed by atoms with Crippen molar-refractivity contribution in [3.8, 4) is 0 Å². The summed E-state index contributed by atoms with van der Waals surface area (Å²) in [6.45, 7) is 0.674. The first kappa shape index (κ1) is 13.1. The minimum Gasteiger partial charge on any atom is -0.383 e. The Hall–Kier alpha value is -1.37. The van der Waals surface area contributed by atoms with Gasteiger partial charge in [-0.3, -0.25) is 4.79 Å². The van der Waals surface area contributed by atoms with Gasteiger partial charge in [-0.1, -0.05) is 0 Å². The van der Waals surface area contributed by atoms with Gasteiger partial charge in [-0.2, -0.15) is 0 Å². The van der Waals surface area contributed by atoms with Gasteiger partial charge in [0.1, 0.15) is 22.4 Å². The van der Waals surface area contributed by atoms with Gasteiger partial charge in [0, 0.05) is 19.0 Å². The van der Waals surface area contributed by atoms with Crippen LogP contribution in [0.25, 0.3) is 0 Å². The van der Waals surface area contributed by atoms with Crippen molar-refractivity contribution in [2.75, 3.05) is 17.6 Å². The van der Waals surface area contributed by atoms with E-state index in [1.807, 2.05) is 0 Å². The van der Waals surface area contributed by atoms with E-state index in [4.69, 9.17) is 5.73 Å². The van der Waals surface area contributed by atoms with Gasteiger partial charge >= 0.3 is 0 Å². The van der Waals surface area contributed by atoms with Gasteiger partial charge in [0.25, 0.3) is 0 Å². The molecule has 1 saturated carbocycles. The van der Waals surface area contributed by atoms with E-state index in [0.29, 0.717) is 35.1 Å². The van der Waals surface area contributed by atoms with Crippen LogP contribution in [0.4, 0.5) is 11.6 Å². The number of nitrogens with one attached hydrogen (secondary N) is 2. The predicted octanol–water partition coefficient (Wildman–Crippen LogP) is 1.29. The van der Waals surface area contributed by atoms with Crippen LogP contribution in [-0.4, -0.2) is 28.5 Å². The third-order valence-electron chi connectivity index (χ3n) is 2.63. The fourth-order valence-corrected chi connectivity index (χ4v) is 1.83. The number of anilines is 2. The van der Waals surface area contributed by atoms with Crippen molar-refractivity contribution >= 4 is 33.5 Å². The number of carbonyl (C=O) groups is 1. The smallest absolute Gasteiger partial charge is 0.220 e. The molecule has 0 unspecified atom stereocenters. The topological polar surface area (TPSA) is 92.9 Å². The molecule has 0 atom stereocenters. The summed E-state index contributed by atoms with van der Waals surface area (Å²) in [5, 5.41) is 6.07. The molecule has 0 saturated heterocycles. The van der Waals surface area contributed by atoms with E-state index < -0.39 is 0 Å². The van der Waals surface area contributed by atoms with Gasteiger partial charge in [-0.25, -0.2) is 9.97 Å². The summed E-state index contributed by atoms with van der Waals surface area (Å²) >= 11 is 3.31. The maximum absolute atomic E-state index is 11.4. The number of aromatic nitrogens is 2. The molecule has 0 radical (unpaired) electrons. The lowest BCUT2D eigenvalue weighted by Crippen LogP contribution is -2.25. The zero-order valence-corrected chi connectivity index (χ0v) is 11.5. The van der Waals surface area contributed by atoms with Crippen LogP contribution in [-0.2, 0) is 4.79 Å². The number of halogens is 1. The minimum absolute atomic E-state index is 0.126. The van der Waals surface area contributed by atoms with Crippen LogP contribution in [0.15, 0.2) is 10.8 Å². The average Bonchev–Trinajstić information content (AvgIpc) is 3.13. The van der Waals surface area contributed by atoms with Crippen molar-refractivity contribution in [3.63, 3.8) is 0 Å². The number of nitrogen functional groups attached to an aromatic ring is 1. The third kappa shape index (κ3) is 3.83. The zero-order valence-electron chi connectivity index (χ0n) is 9.95. The summed E-state index contributed by atoms with van der Waals surface area (Å²) in [5.41, 5.74) is 5.63. The molecule has 0 aromatic carbocycles. The monoisotopic (exact) mass is 313 g/mol. The van der Waals surface area contributed by atoms with Crippen LogP contribution in [0.2, 0.25) is 0 Å². The van der Waals surface area contributed by atoms with Gasteiger partial charge in [0.05, 0.1) is 0 Å². The Bertz CT molecular complexity index is 435. The molecular formula is C11H16BrN5O. The van der Waals surface area contributed by atoms with Crippen LogP contribution in [0.3, 0.4) is 0 Å². The Balaban J connectivity index is 1.68. The maximum atomic E-state index is 11.4. The standard InChI is InChI=1S/C11H16BrN5O/c12-9-10(13)15-6-16-11(9)14-5-1-2-8(18)17-7-3-4-7/h6-7H,1-5H2,(H,17,18)(H3,13,14,15,16). The highest BCUT2D eigenvalue weighted by molar-refractivity contribution is 9.10. The second kappa shape index (κ2) is 5.99. The van der Waals surface area contributed by atoms with Crippen molar-refractivity contribution in [1.29, 1.82) is 0 Å². The molecule has 0 spiro atoms. The van der Waals surface area contributed by atoms with Gasteiger partial charge in [-0.05, 0) is 35.2 Å². The van der Waals surface area contributed by atoms with Crippen LogP contribution < -0.4 is 16.4 Å².